The molecule has 0 spiro atoms. The standard InChI is InChI=1S/C10H8ClN3/c11-9-7-14(13-6-10(9)12)8-4-2-1-3-5-8/h1-7,12H/p+1. The Hall–Kier alpha value is -1.61. The lowest BCUT2D eigenvalue weighted by Gasteiger charge is -1.95. The van der Waals surface area contributed by atoms with Gasteiger partial charge in [0, 0.05) is 17.2 Å². The molecule has 0 bridgehead atoms. The smallest absolute Gasteiger partial charge is 0.238 e. The van der Waals surface area contributed by atoms with Crippen LogP contribution in [-0.4, -0.2) is 5.10 Å². The first-order chi connectivity index (χ1) is 6.77. The number of benzene rings is 1. The fraction of sp³-hybridized carbons (Fsp3) is 0. The van der Waals surface area contributed by atoms with Crippen molar-refractivity contribution in [2.45, 2.75) is 0 Å². The zero-order chi connectivity index (χ0) is 9.97. The molecule has 2 N–H and O–H groups in total. The van der Waals surface area contributed by atoms with Gasteiger partial charge in [0.1, 0.15) is 11.2 Å². The Morgan fingerprint density at radius 1 is 1.21 bits per heavy atom. The van der Waals surface area contributed by atoms with Crippen LogP contribution in [0.15, 0.2) is 42.7 Å². The van der Waals surface area contributed by atoms with E-state index in [0.717, 1.165) is 5.69 Å². The van der Waals surface area contributed by atoms with Crippen LogP contribution >= 0.6 is 11.6 Å². The van der Waals surface area contributed by atoms with E-state index in [1.165, 1.54) is 6.20 Å². The summed E-state index contributed by atoms with van der Waals surface area (Å²) in [7, 11) is 0. The molecule has 0 aliphatic rings. The van der Waals surface area contributed by atoms with Crippen molar-refractivity contribution in [3.05, 3.63) is 47.7 Å². The molecular formula is C10H9ClN3+. The Balaban J connectivity index is 2.48. The van der Waals surface area contributed by atoms with Crippen molar-refractivity contribution in [3.63, 3.8) is 0 Å². The fourth-order valence-electron chi connectivity index (χ4n) is 1.12. The lowest BCUT2D eigenvalue weighted by Crippen LogP contribution is -2.34. The van der Waals surface area contributed by atoms with E-state index in [9.17, 15) is 0 Å². The molecule has 0 unspecified atom stereocenters. The van der Waals surface area contributed by atoms with Gasteiger partial charge in [-0.3, -0.25) is 0 Å². The Bertz CT molecular complexity index is 442. The van der Waals surface area contributed by atoms with Crippen LogP contribution in [0.25, 0.3) is 5.69 Å². The highest BCUT2D eigenvalue weighted by Crippen LogP contribution is 2.13. The van der Waals surface area contributed by atoms with E-state index in [1.807, 2.05) is 30.3 Å². The molecule has 0 radical (unpaired) electrons. The van der Waals surface area contributed by atoms with Crippen LogP contribution < -0.4 is 10.4 Å². The molecule has 4 heteroatoms. The lowest BCUT2D eigenvalue weighted by atomic mass is 10.3. The van der Waals surface area contributed by atoms with Gasteiger partial charge >= 0.3 is 0 Å². The van der Waals surface area contributed by atoms with Gasteiger partial charge in [0.2, 0.25) is 11.9 Å². The zero-order valence-electron chi connectivity index (χ0n) is 7.39. The second-order valence-electron chi connectivity index (χ2n) is 2.86. The maximum atomic E-state index is 5.88. The normalized spacial score (nSPS) is 10.1. The number of aromatic nitrogens is 2. The molecule has 0 amide bonds. The van der Waals surface area contributed by atoms with Crippen molar-refractivity contribution in [2.24, 2.45) is 0 Å². The third-order valence-electron chi connectivity index (χ3n) is 1.85. The van der Waals surface area contributed by atoms with Gasteiger partial charge in [0.15, 0.2) is 0 Å². The van der Waals surface area contributed by atoms with Gasteiger partial charge in [0.05, 0.1) is 5.69 Å². The minimum atomic E-state index is 0.485. The molecule has 1 aromatic carbocycles. The van der Waals surface area contributed by atoms with Gasteiger partial charge in [-0.1, -0.05) is 34.5 Å². The summed E-state index contributed by atoms with van der Waals surface area (Å²) in [5, 5.41) is 4.62. The summed E-state index contributed by atoms with van der Waals surface area (Å²) in [5.41, 5.74) is 7.00. The molecule has 2 aromatic rings. The van der Waals surface area contributed by atoms with Gasteiger partial charge < -0.3 is 5.73 Å². The second kappa shape index (κ2) is 3.64. The van der Waals surface area contributed by atoms with E-state index in [-0.39, 0.29) is 0 Å². The van der Waals surface area contributed by atoms with Crippen LogP contribution in [0.5, 0.6) is 0 Å². The van der Waals surface area contributed by atoms with Crippen molar-refractivity contribution in [1.82, 2.24) is 5.10 Å². The maximum absolute atomic E-state index is 5.88. The Kier molecular flexibility index (Phi) is 2.33. The number of nitrogen functional groups attached to an aromatic ring is 1. The number of para-hydroxylation sites is 1. The van der Waals surface area contributed by atoms with Crippen molar-refractivity contribution in [2.75, 3.05) is 5.73 Å². The van der Waals surface area contributed by atoms with E-state index in [2.05, 4.69) is 5.10 Å². The highest BCUT2D eigenvalue weighted by atomic mass is 35.5. The Morgan fingerprint density at radius 3 is 2.57 bits per heavy atom. The molecule has 0 saturated heterocycles. The highest BCUT2D eigenvalue weighted by Gasteiger charge is 2.09. The van der Waals surface area contributed by atoms with E-state index in [1.54, 1.807) is 10.9 Å². The summed E-state index contributed by atoms with van der Waals surface area (Å²) in [6.45, 7) is 0. The summed E-state index contributed by atoms with van der Waals surface area (Å²) >= 11 is 5.88. The quantitative estimate of drug-likeness (QED) is 0.721. The van der Waals surface area contributed by atoms with Crippen molar-refractivity contribution >= 4 is 17.3 Å². The van der Waals surface area contributed by atoms with E-state index >= 15 is 0 Å². The molecular weight excluding hydrogens is 198 g/mol. The number of halogens is 1. The number of anilines is 1. The molecule has 1 heterocycles. The van der Waals surface area contributed by atoms with E-state index in [0.29, 0.717) is 10.7 Å². The predicted molar refractivity (Wildman–Crippen MR) is 55.2 cm³/mol. The van der Waals surface area contributed by atoms with Crippen LogP contribution in [0.1, 0.15) is 0 Å². The zero-order valence-corrected chi connectivity index (χ0v) is 8.15. The van der Waals surface area contributed by atoms with Crippen LogP contribution in [-0.2, 0) is 0 Å². The monoisotopic (exact) mass is 206 g/mol. The maximum Gasteiger partial charge on any atom is 0.238 e. The van der Waals surface area contributed by atoms with Gasteiger partial charge in [-0.05, 0) is 0 Å². The first-order valence-corrected chi connectivity index (χ1v) is 4.53. The molecule has 0 aliphatic heterocycles. The summed E-state index contributed by atoms with van der Waals surface area (Å²) < 4.78 is 1.68. The number of nitrogens with two attached hydrogens (primary N) is 1. The first-order valence-electron chi connectivity index (χ1n) is 4.16. The van der Waals surface area contributed by atoms with Crippen LogP contribution in [0, 0.1) is 0 Å². The molecule has 0 saturated carbocycles. The molecule has 3 nitrogen and oxygen atoms in total. The molecule has 0 aliphatic carbocycles. The minimum absolute atomic E-state index is 0.485. The number of rotatable bonds is 1. The second-order valence-corrected chi connectivity index (χ2v) is 3.26. The van der Waals surface area contributed by atoms with Crippen LogP contribution in [0.3, 0.4) is 0 Å². The van der Waals surface area contributed by atoms with Crippen LogP contribution in [0.4, 0.5) is 5.69 Å². The number of hydrogen-bond donors (Lipinski definition) is 1. The minimum Gasteiger partial charge on any atom is -0.396 e. The molecule has 2 rings (SSSR count). The average molecular weight is 207 g/mol. The van der Waals surface area contributed by atoms with E-state index in [4.69, 9.17) is 17.3 Å². The Labute approximate surface area is 86.7 Å². The van der Waals surface area contributed by atoms with Crippen molar-refractivity contribution in [3.8, 4) is 5.69 Å². The molecule has 0 atom stereocenters. The van der Waals surface area contributed by atoms with Crippen LogP contribution in [0.2, 0.25) is 5.02 Å². The highest BCUT2D eigenvalue weighted by molar-refractivity contribution is 6.32. The first kappa shape index (κ1) is 8.97. The largest absolute Gasteiger partial charge is 0.396 e. The SMILES string of the molecule is Nc1cn[n+](-c2ccccc2)cc1Cl. The van der Waals surface area contributed by atoms with Gasteiger partial charge in [-0.25, -0.2) is 0 Å². The summed E-state index contributed by atoms with van der Waals surface area (Å²) in [6.07, 6.45) is 3.22. The Morgan fingerprint density at radius 2 is 1.93 bits per heavy atom. The van der Waals surface area contributed by atoms with E-state index < -0.39 is 0 Å². The third kappa shape index (κ3) is 1.67. The van der Waals surface area contributed by atoms with Crippen molar-refractivity contribution in [1.29, 1.82) is 0 Å². The number of nitrogens with zero attached hydrogens (tertiary/aromatic N) is 2. The topological polar surface area (TPSA) is 42.8 Å². The fourth-order valence-corrected chi connectivity index (χ4v) is 1.26. The molecule has 70 valence electrons. The summed E-state index contributed by atoms with van der Waals surface area (Å²) in [4.78, 5) is 0. The lowest BCUT2D eigenvalue weighted by molar-refractivity contribution is -0.659. The third-order valence-corrected chi connectivity index (χ3v) is 2.17. The predicted octanol–water partition coefficient (Wildman–Crippen LogP) is 1.59. The number of hydrogen-bond acceptors (Lipinski definition) is 2. The van der Waals surface area contributed by atoms with Gasteiger partial charge in [0.25, 0.3) is 0 Å². The summed E-state index contributed by atoms with van der Waals surface area (Å²) in [5.74, 6) is 0. The average Bonchev–Trinajstić information content (AvgIpc) is 2.23. The molecule has 14 heavy (non-hydrogen) atoms. The molecule has 1 aromatic heterocycles. The van der Waals surface area contributed by atoms with Gasteiger partial charge in [-0.15, -0.1) is 0 Å². The molecule has 0 fully saturated rings. The van der Waals surface area contributed by atoms with Gasteiger partial charge in [-0.2, -0.15) is 0 Å². The summed E-state index contributed by atoms with van der Waals surface area (Å²) in [6, 6.07) is 9.71. The van der Waals surface area contributed by atoms with Crippen molar-refractivity contribution < 1.29 is 4.68 Å².